The summed E-state index contributed by atoms with van der Waals surface area (Å²) in [6, 6.07) is 6.24. The molecule has 1 saturated heterocycles. The molecule has 2 aromatic heterocycles. The second kappa shape index (κ2) is 7.93. The van der Waals surface area contributed by atoms with Gasteiger partial charge in [0, 0.05) is 31.5 Å². The average molecular weight is 380 g/mol. The van der Waals surface area contributed by atoms with E-state index in [9.17, 15) is 4.79 Å². The summed E-state index contributed by atoms with van der Waals surface area (Å²) in [5.74, 6) is 1.00. The molecule has 2 N–H and O–H groups in total. The lowest BCUT2D eigenvalue weighted by Crippen LogP contribution is -2.35. The van der Waals surface area contributed by atoms with Gasteiger partial charge in [0.1, 0.15) is 18.8 Å². The molecule has 1 aliphatic rings. The molecule has 1 fully saturated rings. The third-order valence-electron chi connectivity index (χ3n) is 5.12. The van der Waals surface area contributed by atoms with Crippen molar-refractivity contribution < 1.29 is 9.53 Å². The van der Waals surface area contributed by atoms with Crippen molar-refractivity contribution in [2.45, 2.75) is 25.7 Å². The van der Waals surface area contributed by atoms with Crippen LogP contribution in [0.5, 0.6) is 0 Å². The van der Waals surface area contributed by atoms with Gasteiger partial charge in [-0.15, -0.1) is 0 Å². The van der Waals surface area contributed by atoms with E-state index in [0.717, 1.165) is 54.0 Å². The van der Waals surface area contributed by atoms with Gasteiger partial charge >= 0.3 is 0 Å². The molecule has 1 aliphatic heterocycles. The van der Waals surface area contributed by atoms with Gasteiger partial charge in [-0.05, 0) is 31.9 Å². The second-order valence-electron chi connectivity index (χ2n) is 7.18. The van der Waals surface area contributed by atoms with Crippen molar-refractivity contribution in [2.24, 2.45) is 0 Å². The Balaban J connectivity index is 1.59. The first-order valence-corrected chi connectivity index (χ1v) is 9.44. The molecule has 1 aromatic carbocycles. The van der Waals surface area contributed by atoms with Crippen LogP contribution in [0, 0.1) is 6.92 Å². The van der Waals surface area contributed by atoms with Gasteiger partial charge in [-0.25, -0.2) is 9.97 Å². The van der Waals surface area contributed by atoms with Crippen LogP contribution >= 0.6 is 0 Å². The van der Waals surface area contributed by atoms with Crippen LogP contribution in [0.2, 0.25) is 0 Å². The summed E-state index contributed by atoms with van der Waals surface area (Å²) in [5, 5.41) is 11.2. The lowest BCUT2D eigenvalue weighted by molar-refractivity contribution is -0.119. The van der Waals surface area contributed by atoms with Crippen molar-refractivity contribution in [1.29, 1.82) is 0 Å². The van der Waals surface area contributed by atoms with Gasteiger partial charge in [0.15, 0.2) is 0 Å². The van der Waals surface area contributed by atoms with Gasteiger partial charge in [0.25, 0.3) is 0 Å². The van der Waals surface area contributed by atoms with Crippen molar-refractivity contribution in [3.8, 4) is 0 Å². The van der Waals surface area contributed by atoms with E-state index in [2.05, 4.69) is 49.4 Å². The smallest absolute Gasteiger partial charge is 0.250 e. The number of hydrogen-bond acceptors (Lipinski definition) is 6. The van der Waals surface area contributed by atoms with E-state index >= 15 is 0 Å². The molecular formula is C20H24N6O2. The lowest BCUT2D eigenvalue weighted by Gasteiger charge is -2.34. The minimum Gasteiger partial charge on any atom is -0.375 e. The maximum absolute atomic E-state index is 11.9. The van der Waals surface area contributed by atoms with Gasteiger partial charge in [0.2, 0.25) is 5.91 Å². The first-order valence-electron chi connectivity index (χ1n) is 9.44. The van der Waals surface area contributed by atoms with E-state index in [0.29, 0.717) is 0 Å². The zero-order valence-electron chi connectivity index (χ0n) is 16.1. The first kappa shape index (κ1) is 18.4. The van der Waals surface area contributed by atoms with E-state index in [1.165, 1.54) is 12.7 Å². The van der Waals surface area contributed by atoms with E-state index in [1.807, 2.05) is 6.07 Å². The number of rotatable bonds is 5. The fourth-order valence-corrected chi connectivity index (χ4v) is 3.84. The molecule has 0 aliphatic carbocycles. The van der Waals surface area contributed by atoms with Crippen LogP contribution in [0.25, 0.3) is 10.9 Å². The van der Waals surface area contributed by atoms with Crippen LogP contribution in [0.1, 0.15) is 30.0 Å². The molecule has 8 nitrogen and oxygen atoms in total. The quantitative estimate of drug-likeness (QED) is 0.706. The summed E-state index contributed by atoms with van der Waals surface area (Å²) in [7, 11) is 1.50. The van der Waals surface area contributed by atoms with Crippen LogP contribution in [-0.4, -0.2) is 52.9 Å². The number of aromatic amines is 1. The van der Waals surface area contributed by atoms with Crippen molar-refractivity contribution in [2.75, 3.05) is 37.0 Å². The molecule has 28 heavy (non-hydrogen) atoms. The Hall–Kier alpha value is -3.00. The molecule has 0 spiro atoms. The lowest BCUT2D eigenvalue weighted by atomic mass is 9.93. The molecule has 1 unspecified atom stereocenters. The highest BCUT2D eigenvalue weighted by Crippen LogP contribution is 2.34. The predicted molar refractivity (Wildman–Crippen MR) is 108 cm³/mol. The topological polar surface area (TPSA) is 96.0 Å². The molecule has 0 saturated carbocycles. The number of amides is 1. The number of carbonyl (C=O) groups is 1. The number of piperidine rings is 1. The Morgan fingerprint density at radius 3 is 3.14 bits per heavy atom. The summed E-state index contributed by atoms with van der Waals surface area (Å²) in [5.41, 5.74) is 3.81. The summed E-state index contributed by atoms with van der Waals surface area (Å²) < 4.78 is 4.90. The first-order chi connectivity index (χ1) is 13.7. The third kappa shape index (κ3) is 3.68. The minimum atomic E-state index is -0.185. The van der Waals surface area contributed by atoms with Crippen LogP contribution in [-0.2, 0) is 9.53 Å². The monoisotopic (exact) mass is 380 g/mol. The number of carbonyl (C=O) groups excluding carboxylic acids is 1. The maximum Gasteiger partial charge on any atom is 0.250 e. The van der Waals surface area contributed by atoms with E-state index in [4.69, 9.17) is 4.74 Å². The highest BCUT2D eigenvalue weighted by Gasteiger charge is 2.27. The van der Waals surface area contributed by atoms with Crippen molar-refractivity contribution in [1.82, 2.24) is 20.2 Å². The summed E-state index contributed by atoms with van der Waals surface area (Å²) in [6.45, 7) is 3.84. The van der Waals surface area contributed by atoms with E-state index in [-0.39, 0.29) is 18.4 Å². The average Bonchev–Trinajstić information content (AvgIpc) is 3.16. The Labute approximate surface area is 163 Å². The molecule has 146 valence electrons. The Bertz CT molecular complexity index is 986. The Morgan fingerprint density at radius 2 is 2.29 bits per heavy atom. The normalized spacial score (nSPS) is 17.1. The number of anilines is 2. The molecule has 8 heteroatoms. The van der Waals surface area contributed by atoms with E-state index in [1.54, 1.807) is 12.5 Å². The highest BCUT2D eigenvalue weighted by molar-refractivity contribution is 5.92. The third-order valence-corrected chi connectivity index (χ3v) is 5.12. The number of hydrogen-bond donors (Lipinski definition) is 2. The summed E-state index contributed by atoms with van der Waals surface area (Å²) in [6.07, 6.45) is 5.34. The number of benzene rings is 1. The fourth-order valence-electron chi connectivity index (χ4n) is 3.84. The van der Waals surface area contributed by atoms with Crippen LogP contribution < -0.4 is 10.2 Å². The zero-order valence-corrected chi connectivity index (χ0v) is 16.1. The number of ether oxygens (including phenoxy) is 1. The van der Waals surface area contributed by atoms with Gasteiger partial charge in [0.05, 0.1) is 23.1 Å². The largest absolute Gasteiger partial charge is 0.375 e. The Morgan fingerprint density at radius 1 is 1.39 bits per heavy atom. The summed E-state index contributed by atoms with van der Waals surface area (Å²) >= 11 is 0. The molecule has 3 heterocycles. The van der Waals surface area contributed by atoms with Crippen LogP contribution in [0.3, 0.4) is 0 Å². The standard InChI is InChI=1S/C20H24N6O2/c1-13-5-6-16-15(8-13)20(22-12-21-16)26-7-3-4-14(10-26)19-17(9-23-25-19)24-18(27)11-28-2/h5-6,8-9,12,14H,3-4,7,10-11H2,1-2H3,(H,23,25)(H,24,27). The molecule has 1 amide bonds. The number of nitrogens with one attached hydrogen (secondary N) is 2. The second-order valence-corrected chi connectivity index (χ2v) is 7.18. The number of aryl methyl sites for hydroxylation is 1. The fraction of sp³-hybridized carbons (Fsp3) is 0.400. The number of H-pyrrole nitrogens is 1. The van der Waals surface area contributed by atoms with Gasteiger partial charge in [-0.2, -0.15) is 5.10 Å². The van der Waals surface area contributed by atoms with Crippen molar-refractivity contribution >= 4 is 28.3 Å². The maximum atomic E-state index is 11.9. The van der Waals surface area contributed by atoms with Gasteiger partial charge in [-0.1, -0.05) is 11.6 Å². The van der Waals surface area contributed by atoms with Gasteiger partial charge in [-0.3, -0.25) is 9.89 Å². The zero-order chi connectivity index (χ0) is 19.5. The van der Waals surface area contributed by atoms with Crippen LogP contribution in [0.15, 0.2) is 30.7 Å². The molecule has 1 atom stereocenters. The molecule has 0 bridgehead atoms. The molecule has 3 aromatic rings. The van der Waals surface area contributed by atoms with Gasteiger partial charge < -0.3 is 15.0 Å². The number of fused-ring (bicyclic) bond motifs is 1. The predicted octanol–water partition coefficient (Wildman–Crippen LogP) is 2.63. The van der Waals surface area contributed by atoms with Crippen molar-refractivity contribution in [3.63, 3.8) is 0 Å². The van der Waals surface area contributed by atoms with E-state index < -0.39 is 0 Å². The SMILES string of the molecule is COCC(=O)Nc1cn[nH]c1C1CCCN(c2ncnc3ccc(C)cc23)C1. The number of nitrogens with zero attached hydrogens (tertiary/aromatic N) is 4. The van der Waals surface area contributed by atoms with Crippen molar-refractivity contribution in [3.05, 3.63) is 42.0 Å². The number of aromatic nitrogens is 4. The summed E-state index contributed by atoms with van der Waals surface area (Å²) in [4.78, 5) is 23.2. The molecular weight excluding hydrogens is 356 g/mol. The van der Waals surface area contributed by atoms with Crippen LogP contribution in [0.4, 0.5) is 11.5 Å². The number of methoxy groups -OCH3 is 1. The molecule has 0 radical (unpaired) electrons. The Kier molecular flexibility index (Phi) is 5.21. The molecule has 4 rings (SSSR count). The highest BCUT2D eigenvalue weighted by atomic mass is 16.5. The minimum absolute atomic E-state index is 0.0215.